The summed E-state index contributed by atoms with van der Waals surface area (Å²) >= 11 is 3.27. The van der Waals surface area contributed by atoms with Gasteiger partial charge < -0.3 is 9.64 Å². The molecule has 2 aromatic carbocycles. The molecule has 0 amide bonds. The second kappa shape index (κ2) is 12.0. The fraction of sp³-hybridized carbons (Fsp3) is 0.269. The highest BCUT2D eigenvalue weighted by Gasteiger charge is 2.34. The van der Waals surface area contributed by atoms with Crippen LogP contribution < -0.4 is 9.64 Å². The maximum Gasteiger partial charge on any atom is 0.417 e. The third-order valence-corrected chi connectivity index (χ3v) is 7.25. The molecule has 3 aromatic rings. The molecule has 2 heterocycles. The molecule has 190 valence electrons. The van der Waals surface area contributed by atoms with Gasteiger partial charge in [0.1, 0.15) is 6.61 Å². The first kappa shape index (κ1) is 27.0. The van der Waals surface area contributed by atoms with Gasteiger partial charge >= 0.3 is 6.18 Å². The van der Waals surface area contributed by atoms with E-state index in [0.717, 1.165) is 40.1 Å². The van der Waals surface area contributed by atoms with Crippen LogP contribution in [0.15, 0.2) is 58.5 Å². The van der Waals surface area contributed by atoms with Crippen molar-refractivity contribution in [2.24, 2.45) is 0 Å². The van der Waals surface area contributed by atoms with E-state index in [-0.39, 0.29) is 12.5 Å². The lowest BCUT2D eigenvalue weighted by atomic mass is 10.1. The van der Waals surface area contributed by atoms with Crippen molar-refractivity contribution in [1.82, 2.24) is 14.9 Å². The Hall–Kier alpha value is -3.00. The van der Waals surface area contributed by atoms with Gasteiger partial charge in [0, 0.05) is 34.6 Å². The minimum Gasteiger partial charge on any atom is -0.472 e. The van der Waals surface area contributed by atoms with Gasteiger partial charge in [0.2, 0.25) is 11.8 Å². The van der Waals surface area contributed by atoms with E-state index < -0.39 is 17.3 Å². The molecule has 1 aliphatic heterocycles. The monoisotopic (exact) mass is 635 g/mol. The molecule has 0 N–H and O–H groups in total. The summed E-state index contributed by atoms with van der Waals surface area (Å²) < 4.78 is 47.6. The summed E-state index contributed by atoms with van der Waals surface area (Å²) in [5, 5.41) is 9.09. The molecule has 0 radical (unpaired) electrons. The lowest BCUT2D eigenvalue weighted by Crippen LogP contribution is -2.47. The summed E-state index contributed by atoms with van der Waals surface area (Å²) in [4.78, 5) is 14.1. The average Bonchev–Trinajstić information content (AvgIpc) is 2.88. The van der Waals surface area contributed by atoms with E-state index in [1.165, 1.54) is 12.1 Å². The van der Waals surface area contributed by atoms with Gasteiger partial charge in [-0.05, 0) is 58.5 Å². The average molecular weight is 635 g/mol. The van der Waals surface area contributed by atoms with E-state index in [4.69, 9.17) is 16.4 Å². The van der Waals surface area contributed by atoms with Crippen LogP contribution in [-0.2, 0) is 12.8 Å². The Bertz CT molecular complexity index is 1350. The van der Waals surface area contributed by atoms with E-state index in [0.29, 0.717) is 35.4 Å². The fourth-order valence-electron chi connectivity index (χ4n) is 3.73. The Balaban J connectivity index is 1.61. The Morgan fingerprint density at radius 1 is 1.14 bits per heavy atom. The van der Waals surface area contributed by atoms with E-state index >= 15 is 0 Å². The first-order valence-corrected chi connectivity index (χ1v) is 13.1. The molecule has 0 atom stereocenters. The van der Waals surface area contributed by atoms with Crippen molar-refractivity contribution in [2.75, 3.05) is 37.6 Å². The number of rotatable bonds is 7. The van der Waals surface area contributed by atoms with Crippen molar-refractivity contribution in [3.8, 4) is 24.3 Å². The van der Waals surface area contributed by atoms with Gasteiger partial charge in [-0.25, -0.2) is 4.98 Å². The number of alkyl halides is 3. The quantitative estimate of drug-likeness (QED) is 0.253. The number of piperazine rings is 1. The molecule has 1 aromatic heterocycles. The minimum absolute atomic E-state index is 0.234. The third kappa shape index (κ3) is 7.06. The van der Waals surface area contributed by atoms with Gasteiger partial charge in [-0.15, -0.1) is 6.42 Å². The summed E-state index contributed by atoms with van der Waals surface area (Å²) in [6.07, 6.45) is 2.34. The number of anilines is 1. The lowest BCUT2D eigenvalue weighted by Gasteiger charge is -2.33. The van der Waals surface area contributed by atoms with Gasteiger partial charge in [-0.3, -0.25) is 4.90 Å². The van der Waals surface area contributed by atoms with Crippen LogP contribution >= 0.6 is 34.4 Å². The lowest BCUT2D eigenvalue weighted by molar-refractivity contribution is -0.137. The minimum atomic E-state index is -4.65. The van der Waals surface area contributed by atoms with Crippen LogP contribution in [0.2, 0.25) is 0 Å². The van der Waals surface area contributed by atoms with Crippen LogP contribution in [-0.4, -0.2) is 47.6 Å². The van der Waals surface area contributed by atoms with E-state index in [1.54, 1.807) is 12.3 Å². The molecule has 1 saturated heterocycles. The largest absolute Gasteiger partial charge is 0.472 e. The number of benzene rings is 2. The van der Waals surface area contributed by atoms with Gasteiger partial charge in [0.25, 0.3) is 0 Å². The summed E-state index contributed by atoms with van der Waals surface area (Å²) in [5.41, 5.74) is -0.477. The molecule has 4 rings (SSSR count). The molecule has 1 aliphatic rings. The predicted molar refractivity (Wildman–Crippen MR) is 143 cm³/mol. The topological polar surface area (TPSA) is 65.3 Å². The van der Waals surface area contributed by atoms with Gasteiger partial charge in [0.15, 0.2) is 0 Å². The van der Waals surface area contributed by atoms with Gasteiger partial charge in [-0.2, -0.15) is 23.4 Å². The number of terminal acetylenes is 1. The zero-order chi connectivity index (χ0) is 26.4. The Kier molecular flexibility index (Phi) is 8.79. The molecule has 0 unspecified atom stereocenters. The number of nitriles is 1. The number of hydrogen-bond acceptors (Lipinski definition) is 7. The maximum atomic E-state index is 13.5. The molecule has 0 aliphatic carbocycles. The normalized spacial score (nSPS) is 14.2. The van der Waals surface area contributed by atoms with Crippen LogP contribution in [0.1, 0.15) is 16.7 Å². The van der Waals surface area contributed by atoms with E-state index in [1.807, 2.05) is 29.2 Å². The molecule has 1 fully saturated rings. The standard InChI is InChI=1S/C26H21F3IN5OS/c1-2-8-34-9-11-35(12-10-34)25-32-16-23(24(33-25)36-17-18-4-3-5-20(30)13-18)37-21-7-6-19(15-31)22(14-21)26(27,28)29/h1,3-7,13-14,16H,8-12,17H2. The van der Waals surface area contributed by atoms with Crippen LogP contribution in [0.3, 0.4) is 0 Å². The van der Waals surface area contributed by atoms with Crippen LogP contribution in [0, 0.1) is 27.2 Å². The molecule has 0 saturated carbocycles. The Morgan fingerprint density at radius 2 is 1.92 bits per heavy atom. The molecule has 0 spiro atoms. The number of halogens is 4. The molecule has 0 bridgehead atoms. The highest BCUT2D eigenvalue weighted by molar-refractivity contribution is 14.1. The molecular formula is C26H21F3IN5OS. The smallest absolute Gasteiger partial charge is 0.417 e. The van der Waals surface area contributed by atoms with Crippen LogP contribution in [0.5, 0.6) is 5.88 Å². The molecule has 6 nitrogen and oxygen atoms in total. The second-order valence-electron chi connectivity index (χ2n) is 8.14. The SMILES string of the molecule is C#CCN1CCN(c2ncc(Sc3ccc(C#N)c(C(F)(F)F)c3)c(OCc3cccc(I)c3)n2)CC1. The van der Waals surface area contributed by atoms with Crippen LogP contribution in [0.4, 0.5) is 19.1 Å². The van der Waals surface area contributed by atoms with Crippen molar-refractivity contribution in [2.45, 2.75) is 22.6 Å². The second-order valence-corrected chi connectivity index (χ2v) is 10.5. The number of nitrogens with zero attached hydrogens (tertiary/aromatic N) is 5. The van der Waals surface area contributed by atoms with Crippen molar-refractivity contribution in [3.63, 3.8) is 0 Å². The zero-order valence-corrected chi connectivity index (χ0v) is 22.5. The van der Waals surface area contributed by atoms with Crippen molar-refractivity contribution >= 4 is 40.3 Å². The highest BCUT2D eigenvalue weighted by Crippen LogP contribution is 2.39. The van der Waals surface area contributed by atoms with E-state index in [9.17, 15) is 13.2 Å². The van der Waals surface area contributed by atoms with Gasteiger partial charge in [-0.1, -0.05) is 29.8 Å². The number of ether oxygens (including phenoxy) is 1. The fourth-order valence-corrected chi connectivity index (χ4v) is 5.20. The number of aromatic nitrogens is 2. The first-order valence-electron chi connectivity index (χ1n) is 11.2. The predicted octanol–water partition coefficient (Wildman–Crippen LogP) is 5.46. The summed E-state index contributed by atoms with van der Waals surface area (Å²) in [7, 11) is 0. The summed E-state index contributed by atoms with van der Waals surface area (Å²) in [6.45, 7) is 3.74. The van der Waals surface area contributed by atoms with Crippen molar-refractivity contribution in [3.05, 3.63) is 68.9 Å². The highest BCUT2D eigenvalue weighted by atomic mass is 127. The maximum absolute atomic E-state index is 13.5. The van der Waals surface area contributed by atoms with Crippen molar-refractivity contribution in [1.29, 1.82) is 5.26 Å². The Labute approximate surface area is 231 Å². The van der Waals surface area contributed by atoms with Crippen molar-refractivity contribution < 1.29 is 17.9 Å². The number of hydrogen-bond donors (Lipinski definition) is 0. The third-order valence-electron chi connectivity index (χ3n) is 5.59. The Morgan fingerprint density at radius 3 is 2.59 bits per heavy atom. The van der Waals surface area contributed by atoms with Gasteiger partial charge in [0.05, 0.1) is 34.8 Å². The van der Waals surface area contributed by atoms with E-state index in [2.05, 4.69) is 43.4 Å². The molecular weight excluding hydrogens is 614 g/mol. The first-order chi connectivity index (χ1) is 17.8. The molecule has 11 heteroatoms. The zero-order valence-electron chi connectivity index (χ0n) is 19.5. The van der Waals surface area contributed by atoms with Crippen LogP contribution in [0.25, 0.3) is 0 Å². The summed E-state index contributed by atoms with van der Waals surface area (Å²) in [5.74, 6) is 3.41. The summed E-state index contributed by atoms with van der Waals surface area (Å²) in [6, 6.07) is 13.0. The molecule has 37 heavy (non-hydrogen) atoms.